The molecule has 2 heterocycles. The van der Waals surface area contributed by atoms with Crippen molar-refractivity contribution in [3.05, 3.63) is 20.8 Å². The zero-order chi connectivity index (χ0) is 18.1. The van der Waals surface area contributed by atoms with Crippen LogP contribution in [0.15, 0.2) is 9.95 Å². The largest absolute Gasteiger partial charge is 0.352 e. The summed E-state index contributed by atoms with van der Waals surface area (Å²) in [4.78, 5) is 34.2. The monoisotopic (exact) mass is 379 g/mol. The van der Waals surface area contributed by atoms with Gasteiger partial charge in [-0.1, -0.05) is 32.0 Å². The molecular weight excluding hydrogens is 354 g/mol. The Hall–Kier alpha value is -1.34. The SMILES string of the molecule is CC[C@@H](C)Cc1c(C)sc2nc(S[C@H](C)C(=O)NC3CC3)[nH]c(=O)c12. The Kier molecular flexibility index (Phi) is 5.53. The van der Waals surface area contributed by atoms with E-state index >= 15 is 0 Å². The lowest BCUT2D eigenvalue weighted by atomic mass is 9.98. The van der Waals surface area contributed by atoms with Gasteiger partial charge in [0.05, 0.1) is 10.6 Å². The molecule has 3 rings (SSSR count). The van der Waals surface area contributed by atoms with Gasteiger partial charge in [-0.3, -0.25) is 9.59 Å². The number of hydrogen-bond acceptors (Lipinski definition) is 5. The molecule has 0 aromatic carbocycles. The van der Waals surface area contributed by atoms with Crippen LogP contribution >= 0.6 is 23.1 Å². The zero-order valence-electron chi connectivity index (χ0n) is 15.1. The van der Waals surface area contributed by atoms with Crippen LogP contribution in [0.3, 0.4) is 0 Å². The first-order chi connectivity index (χ1) is 11.9. The van der Waals surface area contributed by atoms with Crippen molar-refractivity contribution in [2.24, 2.45) is 5.92 Å². The van der Waals surface area contributed by atoms with Crippen LogP contribution in [0.25, 0.3) is 10.2 Å². The molecule has 2 N–H and O–H groups in total. The van der Waals surface area contributed by atoms with Crippen LogP contribution in [0.5, 0.6) is 0 Å². The van der Waals surface area contributed by atoms with Crippen molar-refractivity contribution in [2.75, 3.05) is 0 Å². The summed E-state index contributed by atoms with van der Waals surface area (Å²) in [6.07, 6.45) is 4.12. The Labute approximate surface area is 156 Å². The number of rotatable bonds is 7. The number of amides is 1. The molecule has 0 bridgehead atoms. The van der Waals surface area contributed by atoms with E-state index in [1.54, 1.807) is 11.3 Å². The maximum Gasteiger partial charge on any atom is 0.260 e. The van der Waals surface area contributed by atoms with Crippen LogP contribution in [0.1, 0.15) is 50.5 Å². The molecule has 0 spiro atoms. The summed E-state index contributed by atoms with van der Waals surface area (Å²) < 4.78 is 0. The molecule has 7 heteroatoms. The van der Waals surface area contributed by atoms with Crippen molar-refractivity contribution in [3.8, 4) is 0 Å². The van der Waals surface area contributed by atoms with Crippen molar-refractivity contribution in [2.45, 2.75) is 69.8 Å². The van der Waals surface area contributed by atoms with Crippen molar-refractivity contribution in [1.29, 1.82) is 0 Å². The van der Waals surface area contributed by atoms with Crippen LogP contribution in [-0.2, 0) is 11.2 Å². The highest BCUT2D eigenvalue weighted by Gasteiger charge is 2.26. The van der Waals surface area contributed by atoms with E-state index < -0.39 is 0 Å². The molecule has 1 amide bonds. The second-order valence-corrected chi connectivity index (χ2v) is 9.48. The lowest BCUT2D eigenvalue weighted by molar-refractivity contribution is -0.120. The quantitative estimate of drug-likeness (QED) is 0.569. The minimum absolute atomic E-state index is 0.00932. The van der Waals surface area contributed by atoms with Gasteiger partial charge in [0.15, 0.2) is 5.16 Å². The first kappa shape index (κ1) is 18.5. The fourth-order valence-electron chi connectivity index (χ4n) is 2.72. The van der Waals surface area contributed by atoms with Gasteiger partial charge in [0.1, 0.15) is 4.83 Å². The van der Waals surface area contributed by atoms with E-state index in [0.29, 0.717) is 17.1 Å². The molecule has 1 saturated carbocycles. The van der Waals surface area contributed by atoms with Crippen LogP contribution in [-0.4, -0.2) is 27.2 Å². The lowest BCUT2D eigenvalue weighted by Gasteiger charge is -2.11. The number of hydrogen-bond donors (Lipinski definition) is 2. The number of carbonyl (C=O) groups is 1. The number of thioether (sulfide) groups is 1. The molecule has 25 heavy (non-hydrogen) atoms. The first-order valence-electron chi connectivity index (χ1n) is 8.88. The average Bonchev–Trinajstić information content (AvgIpc) is 3.31. The molecule has 136 valence electrons. The van der Waals surface area contributed by atoms with Crippen LogP contribution in [0.2, 0.25) is 0 Å². The van der Waals surface area contributed by atoms with Gasteiger partial charge in [-0.25, -0.2) is 4.98 Å². The summed E-state index contributed by atoms with van der Waals surface area (Å²) in [7, 11) is 0. The normalized spacial score (nSPS) is 16.8. The molecule has 1 fully saturated rings. The number of thiophene rings is 1. The van der Waals surface area contributed by atoms with Gasteiger partial charge in [-0.05, 0) is 44.6 Å². The van der Waals surface area contributed by atoms with E-state index in [-0.39, 0.29) is 16.7 Å². The van der Waals surface area contributed by atoms with E-state index in [4.69, 9.17) is 0 Å². The van der Waals surface area contributed by atoms with Gasteiger partial charge in [0.2, 0.25) is 5.91 Å². The molecular formula is C18H25N3O2S2. The van der Waals surface area contributed by atoms with E-state index in [0.717, 1.165) is 46.3 Å². The molecule has 1 aliphatic rings. The molecule has 2 atom stereocenters. The van der Waals surface area contributed by atoms with Gasteiger partial charge in [0, 0.05) is 10.9 Å². The number of aromatic amines is 1. The average molecular weight is 380 g/mol. The summed E-state index contributed by atoms with van der Waals surface area (Å²) in [6.45, 7) is 8.28. The predicted molar refractivity (Wildman–Crippen MR) is 105 cm³/mol. The zero-order valence-corrected chi connectivity index (χ0v) is 16.8. The molecule has 0 radical (unpaired) electrons. The summed E-state index contributed by atoms with van der Waals surface area (Å²) in [6, 6.07) is 0.341. The van der Waals surface area contributed by atoms with Crippen molar-refractivity contribution in [1.82, 2.24) is 15.3 Å². The first-order valence-corrected chi connectivity index (χ1v) is 10.6. The molecule has 0 aliphatic heterocycles. The molecule has 1 aliphatic carbocycles. The standard InChI is InChI=1S/C18H25N3O2S2/c1-5-9(2)8-13-10(3)24-17-14(13)16(23)20-18(21-17)25-11(4)15(22)19-12-6-7-12/h9,11-12H,5-8H2,1-4H3,(H,19,22)(H,20,21,23)/t9-,11-/m1/s1. The molecule has 0 unspecified atom stereocenters. The highest BCUT2D eigenvalue weighted by molar-refractivity contribution is 8.00. The Morgan fingerprint density at radius 1 is 1.44 bits per heavy atom. The second kappa shape index (κ2) is 7.50. The van der Waals surface area contributed by atoms with Gasteiger partial charge in [-0.2, -0.15) is 0 Å². The van der Waals surface area contributed by atoms with E-state index in [9.17, 15) is 9.59 Å². The smallest absolute Gasteiger partial charge is 0.260 e. The third kappa shape index (κ3) is 4.26. The van der Waals surface area contributed by atoms with Gasteiger partial charge in [0.25, 0.3) is 5.56 Å². The minimum Gasteiger partial charge on any atom is -0.352 e. The Balaban J connectivity index is 1.84. The number of carbonyl (C=O) groups excluding carboxylic acids is 1. The lowest BCUT2D eigenvalue weighted by Crippen LogP contribution is -2.32. The number of aromatic nitrogens is 2. The molecule has 5 nitrogen and oxygen atoms in total. The number of aryl methyl sites for hydroxylation is 1. The van der Waals surface area contributed by atoms with Gasteiger partial charge in [-0.15, -0.1) is 11.3 Å². The highest BCUT2D eigenvalue weighted by atomic mass is 32.2. The fourth-order valence-corrected chi connectivity index (χ4v) is 4.63. The van der Waals surface area contributed by atoms with E-state index in [2.05, 4.69) is 36.1 Å². The fraction of sp³-hybridized carbons (Fsp3) is 0.611. The maximum atomic E-state index is 12.6. The summed E-state index contributed by atoms with van der Waals surface area (Å²) in [5, 5.41) is 3.96. The summed E-state index contributed by atoms with van der Waals surface area (Å²) in [5.74, 6) is 0.547. The number of H-pyrrole nitrogens is 1. The number of nitrogens with zero attached hydrogens (tertiary/aromatic N) is 1. The van der Waals surface area contributed by atoms with Crippen LogP contribution in [0, 0.1) is 12.8 Å². The van der Waals surface area contributed by atoms with E-state index in [1.807, 2.05) is 6.92 Å². The van der Waals surface area contributed by atoms with Gasteiger partial charge >= 0.3 is 0 Å². The van der Waals surface area contributed by atoms with Crippen molar-refractivity contribution < 1.29 is 4.79 Å². The predicted octanol–water partition coefficient (Wildman–Crippen LogP) is 3.64. The van der Waals surface area contributed by atoms with Crippen molar-refractivity contribution in [3.63, 3.8) is 0 Å². The Morgan fingerprint density at radius 3 is 2.80 bits per heavy atom. The Bertz CT molecular complexity index is 839. The van der Waals surface area contributed by atoms with Crippen LogP contribution in [0.4, 0.5) is 0 Å². The third-order valence-corrected chi connectivity index (χ3v) is 6.70. The molecule has 0 saturated heterocycles. The Morgan fingerprint density at radius 2 is 2.16 bits per heavy atom. The topological polar surface area (TPSA) is 74.8 Å². The maximum absolute atomic E-state index is 12.6. The molecule has 2 aromatic heterocycles. The van der Waals surface area contributed by atoms with Gasteiger partial charge < -0.3 is 10.3 Å². The number of nitrogens with one attached hydrogen (secondary N) is 2. The van der Waals surface area contributed by atoms with E-state index in [1.165, 1.54) is 11.8 Å². The molecule has 2 aromatic rings. The minimum atomic E-state index is -0.276. The summed E-state index contributed by atoms with van der Waals surface area (Å²) >= 11 is 2.88. The third-order valence-electron chi connectivity index (χ3n) is 4.67. The summed E-state index contributed by atoms with van der Waals surface area (Å²) in [5.41, 5.74) is 1.03. The van der Waals surface area contributed by atoms with Crippen LogP contribution < -0.4 is 10.9 Å². The number of fused-ring (bicyclic) bond motifs is 1. The highest BCUT2D eigenvalue weighted by Crippen LogP contribution is 2.31. The second-order valence-electron chi connectivity index (χ2n) is 6.95. The van der Waals surface area contributed by atoms with Crippen molar-refractivity contribution >= 4 is 39.2 Å².